The molecule has 3 heteroatoms. The highest BCUT2D eigenvalue weighted by Gasteiger charge is 2.39. The number of benzene rings is 1. The summed E-state index contributed by atoms with van der Waals surface area (Å²) in [7, 11) is -1.83. The second kappa shape index (κ2) is 4.61. The van der Waals surface area contributed by atoms with Crippen molar-refractivity contribution in [1.82, 2.24) is 0 Å². The average Bonchev–Trinajstić information content (AvgIpc) is 2.20. The minimum atomic E-state index is -1.83. The monoisotopic (exact) mass is 266 g/mol. The third-order valence-corrected chi connectivity index (χ3v) is 8.49. The van der Waals surface area contributed by atoms with Gasteiger partial charge in [0.25, 0.3) is 8.32 Å². The molecule has 2 nitrogen and oxygen atoms in total. The Kier molecular flexibility index (Phi) is 3.87. The first-order valence-electron chi connectivity index (χ1n) is 6.46. The van der Waals surface area contributed by atoms with E-state index >= 15 is 0 Å². The predicted octanol–water partition coefficient (Wildman–Crippen LogP) is 4.70. The molecule has 0 bridgehead atoms. The van der Waals surface area contributed by atoms with Gasteiger partial charge in [-0.1, -0.05) is 20.8 Å². The molecule has 0 saturated heterocycles. The largest absolute Gasteiger partial charge is 0.543 e. The van der Waals surface area contributed by atoms with Gasteiger partial charge in [0.15, 0.2) is 0 Å². The Bertz CT molecular complexity index is 457. The Morgan fingerprint density at radius 2 is 1.56 bits per heavy atom. The smallest absolute Gasteiger partial charge is 0.250 e. The van der Waals surface area contributed by atoms with E-state index in [9.17, 15) is 5.11 Å². The van der Waals surface area contributed by atoms with Crippen LogP contribution in [0.3, 0.4) is 0 Å². The number of phenols is 1. The first kappa shape index (κ1) is 15.1. The number of hydrogen-bond donors (Lipinski definition) is 1. The lowest BCUT2D eigenvalue weighted by atomic mass is 10.0. The molecule has 0 atom stereocenters. The SMILES string of the molecule is Cc1cc(O)c(C)c(C)c1O[Si](C)(C)C(C)(C)C. The normalized spacial score (nSPS) is 12.7. The van der Waals surface area contributed by atoms with Crippen LogP contribution in [0.25, 0.3) is 0 Å². The van der Waals surface area contributed by atoms with Gasteiger partial charge in [0.05, 0.1) is 0 Å². The molecule has 0 aliphatic heterocycles. The van der Waals surface area contributed by atoms with Crippen LogP contribution in [0.1, 0.15) is 37.5 Å². The van der Waals surface area contributed by atoms with Crippen molar-refractivity contribution in [3.8, 4) is 11.5 Å². The Hall–Kier alpha value is -0.963. The van der Waals surface area contributed by atoms with Gasteiger partial charge in [-0.15, -0.1) is 0 Å². The molecule has 18 heavy (non-hydrogen) atoms. The fourth-order valence-corrected chi connectivity index (χ4v) is 2.73. The lowest BCUT2D eigenvalue weighted by molar-refractivity contribution is 0.460. The Labute approximate surface area is 112 Å². The summed E-state index contributed by atoms with van der Waals surface area (Å²) in [5.41, 5.74) is 2.98. The van der Waals surface area contributed by atoms with Crippen LogP contribution < -0.4 is 4.43 Å². The fourth-order valence-electron chi connectivity index (χ4n) is 1.60. The summed E-state index contributed by atoms with van der Waals surface area (Å²) in [4.78, 5) is 0. The Balaban J connectivity index is 3.25. The summed E-state index contributed by atoms with van der Waals surface area (Å²) in [6, 6.07) is 1.80. The molecule has 0 fully saturated rings. The molecule has 1 aromatic rings. The molecule has 0 unspecified atom stereocenters. The molecule has 0 spiro atoms. The zero-order chi connectivity index (χ0) is 14.3. The molecule has 0 amide bonds. The van der Waals surface area contributed by atoms with Crippen molar-refractivity contribution >= 4 is 8.32 Å². The molecule has 0 radical (unpaired) electrons. The standard InChI is InChI=1S/C15H26O2Si/c1-10-9-13(16)11(2)12(3)14(10)17-18(7,8)15(4,5)6/h9,16H,1-8H3. The molecular formula is C15H26O2Si. The van der Waals surface area contributed by atoms with Crippen LogP contribution in [-0.4, -0.2) is 13.4 Å². The molecule has 1 N–H and O–H groups in total. The average molecular weight is 266 g/mol. The van der Waals surface area contributed by atoms with E-state index < -0.39 is 8.32 Å². The van der Waals surface area contributed by atoms with E-state index in [1.165, 1.54) is 0 Å². The highest BCUT2D eigenvalue weighted by Crippen LogP contribution is 2.40. The van der Waals surface area contributed by atoms with Gasteiger partial charge in [0, 0.05) is 0 Å². The summed E-state index contributed by atoms with van der Waals surface area (Å²) in [6.07, 6.45) is 0. The van der Waals surface area contributed by atoms with Crippen molar-refractivity contribution in [2.75, 3.05) is 0 Å². The van der Waals surface area contributed by atoms with Gasteiger partial charge in [-0.2, -0.15) is 0 Å². The summed E-state index contributed by atoms with van der Waals surface area (Å²) < 4.78 is 6.39. The van der Waals surface area contributed by atoms with E-state index in [0.717, 1.165) is 22.4 Å². The van der Waals surface area contributed by atoms with Crippen molar-refractivity contribution in [2.45, 2.75) is 59.7 Å². The zero-order valence-corrected chi connectivity index (χ0v) is 13.9. The van der Waals surface area contributed by atoms with E-state index in [-0.39, 0.29) is 5.04 Å². The van der Waals surface area contributed by atoms with Crippen molar-refractivity contribution in [1.29, 1.82) is 0 Å². The summed E-state index contributed by atoms with van der Waals surface area (Å²) in [5.74, 6) is 1.31. The maximum atomic E-state index is 9.82. The molecule has 0 aliphatic rings. The van der Waals surface area contributed by atoms with Crippen LogP contribution in [0.2, 0.25) is 18.1 Å². The lowest BCUT2D eigenvalue weighted by Gasteiger charge is -2.37. The lowest BCUT2D eigenvalue weighted by Crippen LogP contribution is -2.44. The molecule has 0 aromatic heterocycles. The van der Waals surface area contributed by atoms with Gasteiger partial charge in [-0.05, 0) is 61.7 Å². The van der Waals surface area contributed by atoms with Crippen molar-refractivity contribution in [2.24, 2.45) is 0 Å². The predicted molar refractivity (Wildman–Crippen MR) is 80.1 cm³/mol. The van der Waals surface area contributed by atoms with Gasteiger partial charge >= 0.3 is 0 Å². The van der Waals surface area contributed by atoms with Crippen LogP contribution in [0.4, 0.5) is 0 Å². The first-order valence-corrected chi connectivity index (χ1v) is 9.37. The van der Waals surface area contributed by atoms with Gasteiger partial charge in [0.1, 0.15) is 11.5 Å². The molecule has 1 rings (SSSR count). The number of aryl methyl sites for hydroxylation is 1. The third kappa shape index (κ3) is 2.71. The molecular weight excluding hydrogens is 240 g/mol. The number of phenolic OH excluding ortho intramolecular Hbond substituents is 1. The molecule has 1 aromatic carbocycles. The Morgan fingerprint density at radius 1 is 1.06 bits per heavy atom. The first-order chi connectivity index (χ1) is 7.97. The van der Waals surface area contributed by atoms with E-state index in [2.05, 4.69) is 33.9 Å². The topological polar surface area (TPSA) is 29.5 Å². The third-order valence-electron chi connectivity index (χ3n) is 4.16. The van der Waals surface area contributed by atoms with Gasteiger partial charge < -0.3 is 9.53 Å². The fraction of sp³-hybridized carbons (Fsp3) is 0.600. The van der Waals surface area contributed by atoms with Gasteiger partial charge in [0.2, 0.25) is 0 Å². The summed E-state index contributed by atoms with van der Waals surface area (Å²) in [6.45, 7) is 17.1. The van der Waals surface area contributed by atoms with Crippen LogP contribution in [-0.2, 0) is 0 Å². The van der Waals surface area contributed by atoms with Crippen LogP contribution >= 0.6 is 0 Å². The zero-order valence-electron chi connectivity index (χ0n) is 12.9. The molecule has 102 valence electrons. The Morgan fingerprint density at radius 3 is 2.00 bits per heavy atom. The molecule has 0 saturated carbocycles. The van der Waals surface area contributed by atoms with E-state index in [1.54, 1.807) is 6.07 Å². The number of aromatic hydroxyl groups is 1. The molecule has 0 aliphatic carbocycles. The minimum Gasteiger partial charge on any atom is -0.543 e. The van der Waals surface area contributed by atoms with Crippen molar-refractivity contribution < 1.29 is 9.53 Å². The minimum absolute atomic E-state index is 0.178. The van der Waals surface area contributed by atoms with Crippen molar-refractivity contribution in [3.05, 3.63) is 22.8 Å². The van der Waals surface area contributed by atoms with Gasteiger partial charge in [-0.3, -0.25) is 0 Å². The van der Waals surface area contributed by atoms with Crippen LogP contribution in [0.5, 0.6) is 11.5 Å². The van der Waals surface area contributed by atoms with E-state index in [0.29, 0.717) is 5.75 Å². The highest BCUT2D eigenvalue weighted by molar-refractivity contribution is 6.74. The van der Waals surface area contributed by atoms with E-state index in [4.69, 9.17) is 4.43 Å². The van der Waals surface area contributed by atoms with Gasteiger partial charge in [-0.25, -0.2) is 0 Å². The van der Waals surface area contributed by atoms with Crippen LogP contribution in [0, 0.1) is 20.8 Å². The van der Waals surface area contributed by atoms with Crippen molar-refractivity contribution in [3.63, 3.8) is 0 Å². The summed E-state index contributed by atoms with van der Waals surface area (Å²) >= 11 is 0. The quantitative estimate of drug-likeness (QED) is 0.786. The highest BCUT2D eigenvalue weighted by atomic mass is 28.4. The molecule has 0 heterocycles. The maximum Gasteiger partial charge on any atom is 0.250 e. The summed E-state index contributed by atoms with van der Waals surface area (Å²) in [5, 5.41) is 10.00. The van der Waals surface area contributed by atoms with E-state index in [1.807, 2.05) is 20.8 Å². The van der Waals surface area contributed by atoms with Crippen LogP contribution in [0.15, 0.2) is 6.07 Å². The second-order valence-electron chi connectivity index (χ2n) is 6.65. The second-order valence-corrected chi connectivity index (χ2v) is 11.4. The number of hydrogen-bond acceptors (Lipinski definition) is 2. The number of rotatable bonds is 2. The maximum absolute atomic E-state index is 9.82.